The molecule has 2 N–H and O–H groups in total. The van der Waals surface area contributed by atoms with E-state index in [2.05, 4.69) is 4.98 Å². The molecule has 0 bridgehead atoms. The van der Waals surface area contributed by atoms with Crippen LogP contribution < -0.4 is 5.73 Å². The number of pyridine rings is 1. The van der Waals surface area contributed by atoms with Gasteiger partial charge < -0.3 is 5.73 Å². The van der Waals surface area contributed by atoms with Crippen LogP contribution in [0.2, 0.25) is 0 Å². The van der Waals surface area contributed by atoms with E-state index in [0.29, 0.717) is 3.70 Å². The minimum atomic E-state index is -4.42. The molecule has 0 aliphatic heterocycles. The summed E-state index contributed by atoms with van der Waals surface area (Å²) in [6.45, 7) is -0.154. The van der Waals surface area contributed by atoms with Crippen LogP contribution in [0, 0.1) is 3.70 Å². The highest BCUT2D eigenvalue weighted by Gasteiger charge is 2.35. The van der Waals surface area contributed by atoms with Crippen LogP contribution in [0.25, 0.3) is 0 Å². The molecule has 1 rings (SSSR count). The van der Waals surface area contributed by atoms with Gasteiger partial charge >= 0.3 is 6.18 Å². The van der Waals surface area contributed by atoms with Crippen molar-refractivity contribution in [3.63, 3.8) is 0 Å². The van der Waals surface area contributed by atoms with Crippen LogP contribution in [-0.2, 0) is 12.7 Å². The Kier molecular flexibility index (Phi) is 3.12. The molecular weight excluding hydrogens is 296 g/mol. The molecule has 1 heterocycles. The number of alkyl halides is 3. The fourth-order valence-electron chi connectivity index (χ4n) is 0.874. The summed E-state index contributed by atoms with van der Waals surface area (Å²) in [5.41, 5.74) is 4.29. The number of hydrogen-bond acceptors (Lipinski definition) is 2. The second-order valence-electron chi connectivity index (χ2n) is 2.34. The summed E-state index contributed by atoms with van der Waals surface area (Å²) in [6, 6.07) is 2.84. The molecule has 72 valence electrons. The van der Waals surface area contributed by atoms with Crippen molar-refractivity contribution in [1.29, 1.82) is 0 Å². The highest BCUT2D eigenvalue weighted by atomic mass is 127. The van der Waals surface area contributed by atoms with Crippen molar-refractivity contribution in [1.82, 2.24) is 4.98 Å². The van der Waals surface area contributed by atoms with Crippen LogP contribution in [0.5, 0.6) is 0 Å². The van der Waals surface area contributed by atoms with Gasteiger partial charge in [-0.15, -0.1) is 0 Å². The minimum absolute atomic E-state index is 0.0212. The van der Waals surface area contributed by atoms with E-state index in [0.717, 1.165) is 0 Å². The van der Waals surface area contributed by atoms with Crippen LogP contribution in [-0.4, -0.2) is 4.98 Å². The lowest BCUT2D eigenvalue weighted by Crippen LogP contribution is -2.14. The monoisotopic (exact) mass is 302 g/mol. The van der Waals surface area contributed by atoms with Gasteiger partial charge in [0.05, 0.1) is 0 Å². The number of aromatic nitrogens is 1. The summed E-state index contributed by atoms with van der Waals surface area (Å²) < 4.78 is 37.2. The van der Waals surface area contributed by atoms with Gasteiger partial charge in [0.1, 0.15) is 9.39 Å². The average Bonchev–Trinajstić information content (AvgIpc) is 2.03. The zero-order valence-corrected chi connectivity index (χ0v) is 8.56. The first kappa shape index (κ1) is 10.7. The first-order chi connectivity index (χ1) is 5.95. The fraction of sp³-hybridized carbons (Fsp3) is 0.286. The number of hydrogen-bond donors (Lipinski definition) is 1. The average molecular weight is 302 g/mol. The molecule has 0 aliphatic carbocycles. The Labute approximate surface area is 86.5 Å². The predicted molar refractivity (Wildman–Crippen MR) is 49.8 cm³/mol. The van der Waals surface area contributed by atoms with Crippen LogP contribution in [0.1, 0.15) is 11.3 Å². The van der Waals surface area contributed by atoms with Crippen LogP contribution >= 0.6 is 22.6 Å². The quantitative estimate of drug-likeness (QED) is 0.638. The maximum atomic E-state index is 12.3. The molecule has 0 spiro atoms. The highest BCUT2D eigenvalue weighted by Crippen LogP contribution is 2.30. The Bertz CT molecular complexity index is 311. The zero-order valence-electron chi connectivity index (χ0n) is 6.40. The molecule has 0 aliphatic rings. The topological polar surface area (TPSA) is 38.9 Å². The van der Waals surface area contributed by atoms with Crippen molar-refractivity contribution in [3.8, 4) is 0 Å². The summed E-state index contributed by atoms with van der Waals surface area (Å²) in [6.07, 6.45) is -4.42. The predicted octanol–water partition coefficient (Wildman–Crippen LogP) is 2.16. The van der Waals surface area contributed by atoms with Crippen LogP contribution in [0.15, 0.2) is 12.1 Å². The molecule has 0 radical (unpaired) electrons. The lowest BCUT2D eigenvalue weighted by Gasteiger charge is -2.10. The molecule has 13 heavy (non-hydrogen) atoms. The standard InChI is InChI=1S/C7H6F3IN2/c8-7(9,10)6-4(3-12)1-2-5(11)13-6/h1-2H,3,12H2. The molecule has 0 fully saturated rings. The maximum Gasteiger partial charge on any atom is 0.433 e. The molecule has 1 aromatic heterocycles. The SMILES string of the molecule is NCc1ccc(I)nc1C(F)(F)F. The normalized spacial score (nSPS) is 11.8. The molecule has 2 nitrogen and oxygen atoms in total. The van der Waals surface area contributed by atoms with Gasteiger partial charge in [-0.25, -0.2) is 4.98 Å². The third-order valence-corrected chi connectivity index (χ3v) is 2.03. The van der Waals surface area contributed by atoms with E-state index in [1.54, 1.807) is 22.6 Å². The van der Waals surface area contributed by atoms with Crippen LogP contribution in [0.4, 0.5) is 13.2 Å². The summed E-state index contributed by atoms with van der Waals surface area (Å²) >= 11 is 1.73. The van der Waals surface area contributed by atoms with Gasteiger partial charge in [-0.1, -0.05) is 6.07 Å². The first-order valence-corrected chi connectivity index (χ1v) is 4.45. The molecule has 1 aromatic rings. The Hall–Kier alpha value is -0.370. The van der Waals surface area contributed by atoms with Crippen molar-refractivity contribution in [2.24, 2.45) is 5.73 Å². The van der Waals surface area contributed by atoms with E-state index < -0.39 is 11.9 Å². The van der Waals surface area contributed by atoms with E-state index in [1.807, 2.05) is 0 Å². The summed E-state index contributed by atoms with van der Waals surface area (Å²) in [4.78, 5) is 3.40. The molecular formula is C7H6F3IN2. The fourth-order valence-corrected chi connectivity index (χ4v) is 1.30. The van der Waals surface area contributed by atoms with E-state index in [1.165, 1.54) is 12.1 Å². The first-order valence-electron chi connectivity index (χ1n) is 3.38. The Morgan fingerprint density at radius 1 is 1.38 bits per heavy atom. The van der Waals surface area contributed by atoms with Crippen molar-refractivity contribution in [2.45, 2.75) is 12.7 Å². The van der Waals surface area contributed by atoms with Gasteiger partial charge in [-0.3, -0.25) is 0 Å². The maximum absolute atomic E-state index is 12.3. The largest absolute Gasteiger partial charge is 0.433 e. The van der Waals surface area contributed by atoms with Crippen molar-refractivity contribution in [3.05, 3.63) is 27.1 Å². The third kappa shape index (κ3) is 2.53. The second-order valence-corrected chi connectivity index (χ2v) is 3.45. The van der Waals surface area contributed by atoms with E-state index in [4.69, 9.17) is 5.73 Å². The van der Waals surface area contributed by atoms with Gasteiger partial charge in [0, 0.05) is 6.54 Å². The van der Waals surface area contributed by atoms with Gasteiger partial charge in [0.25, 0.3) is 0 Å². The smallest absolute Gasteiger partial charge is 0.326 e. The molecule has 0 saturated carbocycles. The summed E-state index contributed by atoms with van der Waals surface area (Å²) in [5, 5.41) is 0. The molecule has 0 atom stereocenters. The number of nitrogens with two attached hydrogens (primary N) is 1. The molecule has 0 unspecified atom stereocenters. The lowest BCUT2D eigenvalue weighted by atomic mass is 10.2. The summed E-state index contributed by atoms with van der Waals surface area (Å²) in [7, 11) is 0. The van der Waals surface area contributed by atoms with Crippen molar-refractivity contribution >= 4 is 22.6 Å². The zero-order chi connectivity index (χ0) is 10.1. The molecule has 6 heteroatoms. The van der Waals surface area contributed by atoms with Crippen molar-refractivity contribution < 1.29 is 13.2 Å². The lowest BCUT2D eigenvalue weighted by molar-refractivity contribution is -0.141. The highest BCUT2D eigenvalue weighted by molar-refractivity contribution is 14.1. The molecule has 0 amide bonds. The summed E-state index contributed by atoms with van der Waals surface area (Å²) in [5.74, 6) is 0. The van der Waals surface area contributed by atoms with E-state index in [9.17, 15) is 13.2 Å². The Morgan fingerprint density at radius 3 is 2.46 bits per heavy atom. The van der Waals surface area contributed by atoms with Gasteiger partial charge in [0.15, 0.2) is 0 Å². The Morgan fingerprint density at radius 2 is 2.00 bits per heavy atom. The number of nitrogens with zero attached hydrogens (tertiary/aromatic N) is 1. The van der Waals surface area contributed by atoms with E-state index >= 15 is 0 Å². The number of halogens is 4. The Balaban J connectivity index is 3.24. The van der Waals surface area contributed by atoms with Gasteiger partial charge in [-0.05, 0) is 34.2 Å². The van der Waals surface area contributed by atoms with Crippen LogP contribution in [0.3, 0.4) is 0 Å². The third-order valence-electron chi connectivity index (χ3n) is 1.43. The van der Waals surface area contributed by atoms with Gasteiger partial charge in [0.2, 0.25) is 0 Å². The van der Waals surface area contributed by atoms with Crippen molar-refractivity contribution in [2.75, 3.05) is 0 Å². The number of rotatable bonds is 1. The van der Waals surface area contributed by atoms with Gasteiger partial charge in [-0.2, -0.15) is 13.2 Å². The van der Waals surface area contributed by atoms with E-state index in [-0.39, 0.29) is 12.1 Å². The molecule has 0 aromatic carbocycles. The second kappa shape index (κ2) is 3.79. The molecule has 0 saturated heterocycles. The minimum Gasteiger partial charge on any atom is -0.326 e.